The van der Waals surface area contributed by atoms with Gasteiger partial charge in [-0.25, -0.2) is 0 Å². The SMILES string of the molecule is CC1COc2cnncc2C1. The summed E-state index contributed by atoms with van der Waals surface area (Å²) in [6.45, 7) is 2.97. The highest BCUT2D eigenvalue weighted by molar-refractivity contribution is 5.29. The van der Waals surface area contributed by atoms with E-state index >= 15 is 0 Å². The summed E-state index contributed by atoms with van der Waals surface area (Å²) < 4.78 is 5.43. The predicted octanol–water partition coefficient (Wildman–Crippen LogP) is 1.05. The second kappa shape index (κ2) is 2.49. The zero-order valence-electron chi connectivity index (χ0n) is 6.45. The lowest BCUT2D eigenvalue weighted by Gasteiger charge is -2.20. The van der Waals surface area contributed by atoms with E-state index in [0.717, 1.165) is 18.8 Å². The van der Waals surface area contributed by atoms with Gasteiger partial charge in [0, 0.05) is 5.56 Å². The average Bonchev–Trinajstić information content (AvgIpc) is 2.04. The van der Waals surface area contributed by atoms with E-state index in [9.17, 15) is 0 Å². The van der Waals surface area contributed by atoms with E-state index < -0.39 is 0 Å². The van der Waals surface area contributed by atoms with E-state index in [-0.39, 0.29) is 0 Å². The molecule has 0 aromatic carbocycles. The van der Waals surface area contributed by atoms with Crippen LogP contribution in [-0.4, -0.2) is 16.8 Å². The van der Waals surface area contributed by atoms with Crippen LogP contribution in [0.3, 0.4) is 0 Å². The summed E-state index contributed by atoms with van der Waals surface area (Å²) in [5, 5.41) is 7.55. The molecule has 3 nitrogen and oxygen atoms in total. The van der Waals surface area contributed by atoms with E-state index in [1.54, 1.807) is 12.4 Å². The van der Waals surface area contributed by atoms with Crippen molar-refractivity contribution in [3.8, 4) is 5.75 Å². The van der Waals surface area contributed by atoms with Gasteiger partial charge in [-0.2, -0.15) is 10.2 Å². The maximum absolute atomic E-state index is 5.43. The molecule has 2 rings (SSSR count). The van der Waals surface area contributed by atoms with Gasteiger partial charge in [-0.15, -0.1) is 0 Å². The van der Waals surface area contributed by atoms with Crippen molar-refractivity contribution in [3.63, 3.8) is 0 Å². The van der Waals surface area contributed by atoms with Crippen LogP contribution in [0.1, 0.15) is 12.5 Å². The average molecular weight is 150 g/mol. The topological polar surface area (TPSA) is 35.0 Å². The first-order valence-corrected chi connectivity index (χ1v) is 3.78. The van der Waals surface area contributed by atoms with Crippen LogP contribution in [0.2, 0.25) is 0 Å². The number of hydrogen-bond acceptors (Lipinski definition) is 3. The fourth-order valence-electron chi connectivity index (χ4n) is 1.28. The Morgan fingerprint density at radius 2 is 2.27 bits per heavy atom. The van der Waals surface area contributed by atoms with Gasteiger partial charge < -0.3 is 4.74 Å². The molecule has 2 heterocycles. The highest BCUT2D eigenvalue weighted by Crippen LogP contribution is 2.24. The molecule has 0 radical (unpaired) electrons. The maximum Gasteiger partial charge on any atom is 0.144 e. The summed E-state index contributed by atoms with van der Waals surface area (Å²) in [7, 11) is 0. The summed E-state index contributed by atoms with van der Waals surface area (Å²) in [5.41, 5.74) is 1.18. The zero-order valence-corrected chi connectivity index (χ0v) is 6.45. The molecule has 1 aliphatic rings. The van der Waals surface area contributed by atoms with Crippen molar-refractivity contribution >= 4 is 0 Å². The first-order chi connectivity index (χ1) is 5.36. The summed E-state index contributed by atoms with van der Waals surface area (Å²) in [6, 6.07) is 0. The van der Waals surface area contributed by atoms with Gasteiger partial charge in [0.15, 0.2) is 0 Å². The Balaban J connectivity index is 2.34. The molecule has 1 unspecified atom stereocenters. The lowest BCUT2D eigenvalue weighted by atomic mass is 10.0. The van der Waals surface area contributed by atoms with Crippen LogP contribution in [0.5, 0.6) is 5.75 Å². The number of rotatable bonds is 0. The molecule has 11 heavy (non-hydrogen) atoms. The van der Waals surface area contributed by atoms with E-state index in [4.69, 9.17) is 4.74 Å². The molecule has 0 bridgehead atoms. The van der Waals surface area contributed by atoms with Crippen LogP contribution in [0.4, 0.5) is 0 Å². The minimum Gasteiger partial charge on any atom is -0.491 e. The molecule has 1 aliphatic heterocycles. The van der Waals surface area contributed by atoms with Crippen molar-refractivity contribution in [1.82, 2.24) is 10.2 Å². The van der Waals surface area contributed by atoms with Crippen LogP contribution in [-0.2, 0) is 6.42 Å². The molecular formula is C8H10N2O. The summed E-state index contributed by atoms with van der Waals surface area (Å²) in [4.78, 5) is 0. The van der Waals surface area contributed by atoms with Gasteiger partial charge in [-0.05, 0) is 12.3 Å². The van der Waals surface area contributed by atoms with E-state index in [2.05, 4.69) is 17.1 Å². The minimum atomic E-state index is 0.603. The van der Waals surface area contributed by atoms with Crippen LogP contribution in [0.25, 0.3) is 0 Å². The Hall–Kier alpha value is -1.12. The number of ether oxygens (including phenoxy) is 1. The zero-order chi connectivity index (χ0) is 7.68. The second-order valence-corrected chi connectivity index (χ2v) is 3.00. The molecule has 0 fully saturated rings. The maximum atomic E-state index is 5.43. The smallest absolute Gasteiger partial charge is 0.144 e. The van der Waals surface area contributed by atoms with Gasteiger partial charge in [0.25, 0.3) is 0 Å². The Bertz CT molecular complexity index is 262. The molecule has 1 aromatic rings. The molecule has 0 saturated carbocycles. The van der Waals surface area contributed by atoms with E-state index in [0.29, 0.717) is 5.92 Å². The number of hydrogen-bond donors (Lipinski definition) is 0. The van der Waals surface area contributed by atoms with Crippen molar-refractivity contribution in [2.75, 3.05) is 6.61 Å². The van der Waals surface area contributed by atoms with Gasteiger partial charge in [-0.1, -0.05) is 6.92 Å². The summed E-state index contributed by atoms with van der Waals surface area (Å²) in [5.74, 6) is 1.50. The molecule has 0 spiro atoms. The lowest BCUT2D eigenvalue weighted by Crippen LogP contribution is -2.18. The third-order valence-electron chi connectivity index (χ3n) is 1.86. The van der Waals surface area contributed by atoms with Crippen molar-refractivity contribution in [2.45, 2.75) is 13.3 Å². The first-order valence-electron chi connectivity index (χ1n) is 3.78. The molecule has 1 aromatic heterocycles. The van der Waals surface area contributed by atoms with Gasteiger partial charge >= 0.3 is 0 Å². The molecule has 0 amide bonds. The third-order valence-corrected chi connectivity index (χ3v) is 1.86. The molecular weight excluding hydrogens is 140 g/mol. The van der Waals surface area contributed by atoms with Crippen LogP contribution < -0.4 is 4.74 Å². The van der Waals surface area contributed by atoms with Crippen molar-refractivity contribution in [3.05, 3.63) is 18.0 Å². The largest absolute Gasteiger partial charge is 0.491 e. The van der Waals surface area contributed by atoms with Gasteiger partial charge in [0.1, 0.15) is 5.75 Å². The minimum absolute atomic E-state index is 0.603. The van der Waals surface area contributed by atoms with Crippen molar-refractivity contribution in [1.29, 1.82) is 0 Å². The van der Waals surface area contributed by atoms with Gasteiger partial charge in [-0.3, -0.25) is 0 Å². The molecule has 1 atom stereocenters. The molecule has 0 aliphatic carbocycles. The van der Waals surface area contributed by atoms with Gasteiger partial charge in [0.05, 0.1) is 19.0 Å². The Morgan fingerprint density at radius 1 is 1.45 bits per heavy atom. The van der Waals surface area contributed by atoms with Gasteiger partial charge in [0.2, 0.25) is 0 Å². The van der Waals surface area contributed by atoms with Crippen molar-refractivity contribution in [2.24, 2.45) is 5.92 Å². The molecule has 3 heteroatoms. The van der Waals surface area contributed by atoms with Crippen LogP contribution in [0.15, 0.2) is 12.4 Å². The number of aromatic nitrogens is 2. The standard InChI is InChI=1S/C8H10N2O/c1-6-2-7-3-9-10-4-8(7)11-5-6/h3-4,6H,2,5H2,1H3. The molecule has 58 valence electrons. The van der Waals surface area contributed by atoms with E-state index in [1.165, 1.54) is 5.56 Å². The van der Waals surface area contributed by atoms with Crippen LogP contribution >= 0.6 is 0 Å². The number of nitrogens with zero attached hydrogens (tertiary/aromatic N) is 2. The van der Waals surface area contributed by atoms with Crippen LogP contribution in [0, 0.1) is 5.92 Å². The monoisotopic (exact) mass is 150 g/mol. The quantitative estimate of drug-likeness (QED) is 0.554. The molecule has 0 saturated heterocycles. The van der Waals surface area contributed by atoms with E-state index in [1.807, 2.05) is 0 Å². The predicted molar refractivity (Wildman–Crippen MR) is 40.4 cm³/mol. The molecule has 0 N–H and O–H groups in total. The highest BCUT2D eigenvalue weighted by atomic mass is 16.5. The normalized spacial score (nSPS) is 22.1. The second-order valence-electron chi connectivity index (χ2n) is 3.00. The lowest BCUT2D eigenvalue weighted by molar-refractivity contribution is 0.232. The Labute approximate surface area is 65.4 Å². The summed E-state index contributed by atoms with van der Waals surface area (Å²) >= 11 is 0. The third kappa shape index (κ3) is 1.18. The Kier molecular flexibility index (Phi) is 1.49. The van der Waals surface area contributed by atoms with Crippen molar-refractivity contribution < 1.29 is 4.74 Å². The summed E-state index contributed by atoms with van der Waals surface area (Å²) in [6.07, 6.45) is 4.52. The fourth-order valence-corrected chi connectivity index (χ4v) is 1.28. The Morgan fingerprint density at radius 3 is 3.18 bits per heavy atom. The number of fused-ring (bicyclic) bond motifs is 1. The first kappa shape index (κ1) is 6.58. The fraction of sp³-hybridized carbons (Fsp3) is 0.500. The highest BCUT2D eigenvalue weighted by Gasteiger charge is 2.15.